The van der Waals surface area contributed by atoms with Gasteiger partial charge in [0.2, 0.25) is 5.78 Å². The van der Waals surface area contributed by atoms with E-state index in [9.17, 15) is 9.90 Å². The Bertz CT molecular complexity index is 1020. The lowest BCUT2D eigenvalue weighted by molar-refractivity contribution is -0.126. The molecule has 0 aromatic heterocycles. The summed E-state index contributed by atoms with van der Waals surface area (Å²) in [5.41, 5.74) is 6.69. The molecule has 0 aliphatic heterocycles. The van der Waals surface area contributed by atoms with Gasteiger partial charge in [-0.25, -0.2) is 0 Å². The van der Waals surface area contributed by atoms with Crippen LogP contribution in [0, 0.1) is 27.6 Å². The van der Waals surface area contributed by atoms with Crippen LogP contribution in [0.4, 0.5) is 0 Å². The third-order valence-corrected chi connectivity index (χ3v) is 10.4. The minimum Gasteiger partial charge on any atom is -0.504 e. The van der Waals surface area contributed by atoms with Crippen LogP contribution in [0.3, 0.4) is 0 Å². The number of hydrogen-bond acceptors (Lipinski definition) is 2. The molecule has 30 heavy (non-hydrogen) atoms. The predicted octanol–water partition coefficient (Wildman–Crippen LogP) is 7.16. The molecule has 0 aromatic carbocycles. The maximum Gasteiger partial charge on any atom is 0.220 e. The highest BCUT2D eigenvalue weighted by molar-refractivity contribution is 6.06. The number of allylic oxidation sites excluding steroid dienone is 9. The fraction of sp³-hybridized carbons (Fsp3) is 0.607. The van der Waals surface area contributed by atoms with Crippen LogP contribution in [0.2, 0.25) is 0 Å². The molecule has 2 nitrogen and oxygen atoms in total. The fourth-order valence-electron chi connectivity index (χ4n) is 8.10. The summed E-state index contributed by atoms with van der Waals surface area (Å²) in [6.45, 7) is 14.2. The van der Waals surface area contributed by atoms with Crippen LogP contribution in [0.25, 0.3) is 0 Å². The maximum absolute atomic E-state index is 12.5. The summed E-state index contributed by atoms with van der Waals surface area (Å²) >= 11 is 0. The lowest BCUT2D eigenvalue weighted by atomic mass is 9.35. The number of aliphatic hydroxyl groups excluding tert-OH is 1. The van der Waals surface area contributed by atoms with Gasteiger partial charge in [0.25, 0.3) is 0 Å². The normalized spacial score (nSPS) is 45.3. The Morgan fingerprint density at radius 3 is 2.47 bits per heavy atom. The summed E-state index contributed by atoms with van der Waals surface area (Å²) in [7, 11) is 0. The minimum atomic E-state index is -0.232. The molecule has 1 N–H and O–H groups in total. The predicted molar refractivity (Wildman–Crippen MR) is 122 cm³/mol. The lowest BCUT2D eigenvalue weighted by Crippen LogP contribution is -2.60. The quantitative estimate of drug-likeness (QED) is 0.435. The summed E-state index contributed by atoms with van der Waals surface area (Å²) in [5, 5.41) is 10.2. The van der Waals surface area contributed by atoms with Crippen LogP contribution in [0.15, 0.2) is 57.9 Å². The molecule has 5 aliphatic carbocycles. The molecular weight excluding hydrogens is 368 g/mol. The summed E-state index contributed by atoms with van der Waals surface area (Å²) in [4.78, 5) is 12.5. The van der Waals surface area contributed by atoms with Gasteiger partial charge < -0.3 is 5.11 Å². The van der Waals surface area contributed by atoms with Gasteiger partial charge in [0, 0.05) is 11.0 Å². The van der Waals surface area contributed by atoms with Gasteiger partial charge in [-0.15, -0.1) is 0 Å². The first-order chi connectivity index (χ1) is 14.0. The van der Waals surface area contributed by atoms with E-state index in [1.807, 2.05) is 6.92 Å². The Hall–Kier alpha value is -1.83. The first kappa shape index (κ1) is 20.1. The zero-order chi connectivity index (χ0) is 21.7. The van der Waals surface area contributed by atoms with E-state index in [1.54, 1.807) is 11.6 Å². The van der Waals surface area contributed by atoms with Crippen molar-refractivity contribution < 1.29 is 9.90 Å². The zero-order valence-corrected chi connectivity index (χ0v) is 19.5. The summed E-state index contributed by atoms with van der Waals surface area (Å²) in [6, 6.07) is 0. The van der Waals surface area contributed by atoms with Gasteiger partial charge in [0.05, 0.1) is 0 Å². The molecule has 0 amide bonds. The van der Waals surface area contributed by atoms with Crippen LogP contribution in [0.1, 0.15) is 80.1 Å². The van der Waals surface area contributed by atoms with Crippen molar-refractivity contribution in [2.75, 3.05) is 0 Å². The van der Waals surface area contributed by atoms with Crippen molar-refractivity contribution in [1.29, 1.82) is 0 Å². The monoisotopic (exact) mass is 404 g/mol. The van der Waals surface area contributed by atoms with Crippen LogP contribution in [0.5, 0.6) is 0 Å². The number of carbonyl (C=O) groups excluding carboxylic acids is 1. The number of rotatable bonds is 0. The third-order valence-electron chi connectivity index (χ3n) is 10.4. The maximum atomic E-state index is 12.5. The average Bonchev–Trinajstić information content (AvgIpc) is 2.70. The first-order valence-electron chi connectivity index (χ1n) is 11.7. The van der Waals surface area contributed by atoms with E-state index >= 15 is 0 Å². The van der Waals surface area contributed by atoms with Gasteiger partial charge in [0.15, 0.2) is 5.76 Å². The number of carbonyl (C=O) groups is 1. The van der Waals surface area contributed by atoms with E-state index < -0.39 is 0 Å². The Morgan fingerprint density at radius 1 is 1.00 bits per heavy atom. The highest BCUT2D eigenvalue weighted by Crippen LogP contribution is 2.74. The molecule has 5 aliphatic rings. The molecule has 0 aromatic rings. The van der Waals surface area contributed by atoms with Crippen LogP contribution >= 0.6 is 0 Å². The van der Waals surface area contributed by atoms with Gasteiger partial charge in [-0.3, -0.25) is 4.79 Å². The van der Waals surface area contributed by atoms with Crippen molar-refractivity contribution >= 4 is 5.78 Å². The molecule has 2 fully saturated rings. The van der Waals surface area contributed by atoms with Crippen molar-refractivity contribution in [2.24, 2.45) is 27.6 Å². The number of ketones is 1. The minimum absolute atomic E-state index is 0.0878. The molecule has 1 unspecified atom stereocenters. The second-order valence-electron chi connectivity index (χ2n) is 11.8. The number of aliphatic hydroxyl groups is 1. The summed E-state index contributed by atoms with van der Waals surface area (Å²) in [5.74, 6) is 0.386. The summed E-state index contributed by atoms with van der Waals surface area (Å²) < 4.78 is 0. The topological polar surface area (TPSA) is 37.3 Å². The molecule has 5 atom stereocenters. The van der Waals surface area contributed by atoms with E-state index in [4.69, 9.17) is 0 Å². The van der Waals surface area contributed by atoms with Crippen molar-refractivity contribution in [2.45, 2.75) is 80.1 Å². The highest BCUT2D eigenvalue weighted by Gasteiger charge is 2.65. The number of fused-ring (bicyclic) bond motifs is 7. The van der Waals surface area contributed by atoms with Gasteiger partial charge in [0.1, 0.15) is 0 Å². The van der Waals surface area contributed by atoms with E-state index in [0.717, 1.165) is 23.1 Å². The van der Waals surface area contributed by atoms with Gasteiger partial charge in [-0.1, -0.05) is 57.1 Å². The van der Waals surface area contributed by atoms with Crippen LogP contribution in [-0.2, 0) is 4.79 Å². The molecule has 5 rings (SSSR count). The van der Waals surface area contributed by atoms with Gasteiger partial charge in [-0.05, 0) is 91.8 Å². The largest absolute Gasteiger partial charge is 0.504 e. The van der Waals surface area contributed by atoms with E-state index in [-0.39, 0.29) is 27.8 Å². The smallest absolute Gasteiger partial charge is 0.220 e. The Balaban J connectivity index is 1.67. The lowest BCUT2D eigenvalue weighted by Gasteiger charge is -2.68. The SMILES string of the molecule is CC1=CC[C@]2(C)CC[C@]3(C)C4=CC=C5C(=CC(=O)C(O)=C5C)[C@]4(C)CC[C@@]3(C)C2C1. The molecule has 0 radical (unpaired) electrons. The molecule has 2 saturated carbocycles. The second kappa shape index (κ2) is 5.90. The van der Waals surface area contributed by atoms with Gasteiger partial charge in [-0.2, -0.15) is 0 Å². The Kier molecular flexibility index (Phi) is 3.95. The Labute approximate surface area is 181 Å². The fourth-order valence-corrected chi connectivity index (χ4v) is 8.10. The molecule has 0 saturated heterocycles. The first-order valence-corrected chi connectivity index (χ1v) is 11.7. The van der Waals surface area contributed by atoms with Crippen molar-refractivity contribution in [3.8, 4) is 0 Å². The standard InChI is InChI=1S/C28H36O2/c1-17-9-10-25(3)11-13-27(5)22-8-7-19-18(2)24(30)21(29)16-20(19)26(22,4)12-14-28(27,6)23(25)15-17/h7-9,16,23,30H,10-15H2,1-6H3/t23?,25-,26+,27-,28+/m1/s1. The van der Waals surface area contributed by atoms with E-state index in [0.29, 0.717) is 11.3 Å². The third kappa shape index (κ3) is 2.23. The molecule has 0 heterocycles. The molecular formula is C28H36O2. The van der Waals surface area contributed by atoms with Crippen molar-refractivity contribution in [3.05, 3.63) is 57.9 Å². The molecule has 2 heteroatoms. The Morgan fingerprint density at radius 2 is 1.73 bits per heavy atom. The molecule has 0 bridgehead atoms. The van der Waals surface area contributed by atoms with Crippen molar-refractivity contribution in [3.63, 3.8) is 0 Å². The highest BCUT2D eigenvalue weighted by atomic mass is 16.3. The van der Waals surface area contributed by atoms with E-state index in [1.165, 1.54) is 37.7 Å². The van der Waals surface area contributed by atoms with Crippen molar-refractivity contribution in [1.82, 2.24) is 0 Å². The summed E-state index contributed by atoms with van der Waals surface area (Å²) in [6.07, 6.45) is 16.0. The van der Waals surface area contributed by atoms with Gasteiger partial charge >= 0.3 is 0 Å². The number of hydrogen-bond donors (Lipinski definition) is 1. The zero-order valence-electron chi connectivity index (χ0n) is 19.5. The van der Waals surface area contributed by atoms with Crippen LogP contribution in [-0.4, -0.2) is 10.9 Å². The second-order valence-corrected chi connectivity index (χ2v) is 11.8. The molecule has 160 valence electrons. The average molecular weight is 405 g/mol. The molecule has 0 spiro atoms. The van der Waals surface area contributed by atoms with E-state index in [2.05, 4.69) is 52.8 Å². The van der Waals surface area contributed by atoms with Crippen LogP contribution < -0.4 is 0 Å².